The minimum atomic E-state index is -0.433. The molecule has 3 rings (SSSR count). The average molecular weight is 352 g/mol. The van der Waals surface area contributed by atoms with E-state index < -0.39 is 5.91 Å². The molecule has 1 atom stereocenters. The summed E-state index contributed by atoms with van der Waals surface area (Å²) in [6.07, 6.45) is 3.64. The summed E-state index contributed by atoms with van der Waals surface area (Å²) < 4.78 is 6.02. The Balaban J connectivity index is 1.71. The Morgan fingerprint density at radius 1 is 1.57 bits per heavy atom. The predicted octanol–water partition coefficient (Wildman–Crippen LogP) is 2.21. The SMILES string of the molecule is Cc1cc(NC(=O)c2noc(C3CCCN3)n2)ncc1Br. The lowest BCUT2D eigenvalue weighted by atomic mass is 10.2. The van der Waals surface area contributed by atoms with E-state index in [1.165, 1.54) is 0 Å². The number of anilines is 1. The summed E-state index contributed by atoms with van der Waals surface area (Å²) >= 11 is 3.36. The van der Waals surface area contributed by atoms with Gasteiger partial charge in [-0.05, 0) is 53.9 Å². The van der Waals surface area contributed by atoms with Crippen molar-refractivity contribution < 1.29 is 9.32 Å². The van der Waals surface area contributed by atoms with E-state index in [9.17, 15) is 4.79 Å². The van der Waals surface area contributed by atoms with Crippen molar-refractivity contribution in [3.8, 4) is 0 Å². The average Bonchev–Trinajstić information content (AvgIpc) is 3.12. The molecule has 110 valence electrons. The van der Waals surface area contributed by atoms with Gasteiger partial charge in [0.2, 0.25) is 5.89 Å². The van der Waals surface area contributed by atoms with Crippen LogP contribution in [0.4, 0.5) is 5.82 Å². The van der Waals surface area contributed by atoms with Gasteiger partial charge in [0.05, 0.1) is 6.04 Å². The highest BCUT2D eigenvalue weighted by molar-refractivity contribution is 9.10. The van der Waals surface area contributed by atoms with Crippen LogP contribution in [0.5, 0.6) is 0 Å². The van der Waals surface area contributed by atoms with Crippen LogP contribution in [0.3, 0.4) is 0 Å². The Kier molecular flexibility index (Phi) is 3.98. The maximum absolute atomic E-state index is 12.1. The lowest BCUT2D eigenvalue weighted by Gasteiger charge is -2.03. The van der Waals surface area contributed by atoms with Gasteiger partial charge in [-0.2, -0.15) is 4.98 Å². The molecule has 1 unspecified atom stereocenters. The van der Waals surface area contributed by atoms with E-state index >= 15 is 0 Å². The molecule has 0 aliphatic carbocycles. The summed E-state index contributed by atoms with van der Waals surface area (Å²) in [5.74, 6) is 0.488. The fraction of sp³-hybridized carbons (Fsp3) is 0.385. The zero-order valence-electron chi connectivity index (χ0n) is 11.4. The zero-order valence-corrected chi connectivity index (χ0v) is 13.0. The van der Waals surface area contributed by atoms with Crippen LogP contribution in [0.2, 0.25) is 0 Å². The van der Waals surface area contributed by atoms with Crippen LogP contribution in [0.1, 0.15) is 41.0 Å². The van der Waals surface area contributed by atoms with E-state index in [4.69, 9.17) is 4.52 Å². The Bertz CT molecular complexity index is 666. The van der Waals surface area contributed by atoms with Crippen LogP contribution in [0, 0.1) is 6.92 Å². The van der Waals surface area contributed by atoms with Gasteiger partial charge in [0.1, 0.15) is 5.82 Å². The standard InChI is InChI=1S/C13H14BrN5O2/c1-7-5-10(16-6-8(7)14)17-12(20)11-18-13(21-19-11)9-3-2-4-15-9/h5-6,9,15H,2-4H2,1H3,(H,16,17,20). The highest BCUT2D eigenvalue weighted by Crippen LogP contribution is 2.21. The van der Waals surface area contributed by atoms with Crippen LogP contribution in [-0.2, 0) is 0 Å². The van der Waals surface area contributed by atoms with Gasteiger partial charge in [-0.25, -0.2) is 4.98 Å². The summed E-state index contributed by atoms with van der Waals surface area (Å²) in [5, 5.41) is 9.62. The molecule has 2 aromatic rings. The van der Waals surface area contributed by atoms with Gasteiger partial charge >= 0.3 is 0 Å². The molecule has 0 spiro atoms. The fourth-order valence-electron chi connectivity index (χ4n) is 2.14. The third-order valence-electron chi connectivity index (χ3n) is 3.29. The van der Waals surface area contributed by atoms with Crippen molar-refractivity contribution in [3.63, 3.8) is 0 Å². The molecule has 1 amide bonds. The predicted molar refractivity (Wildman–Crippen MR) is 78.9 cm³/mol. The topological polar surface area (TPSA) is 92.9 Å². The van der Waals surface area contributed by atoms with Crippen molar-refractivity contribution in [2.45, 2.75) is 25.8 Å². The second-order valence-electron chi connectivity index (χ2n) is 4.88. The molecular formula is C13H14BrN5O2. The zero-order chi connectivity index (χ0) is 14.8. The van der Waals surface area contributed by atoms with E-state index in [-0.39, 0.29) is 11.9 Å². The number of carbonyl (C=O) groups excluding carboxylic acids is 1. The third kappa shape index (κ3) is 3.11. The monoisotopic (exact) mass is 351 g/mol. The number of hydrogen-bond acceptors (Lipinski definition) is 6. The van der Waals surface area contributed by atoms with Crippen LogP contribution >= 0.6 is 15.9 Å². The molecule has 8 heteroatoms. The minimum absolute atomic E-state index is 0.0149. The smallest absolute Gasteiger partial charge is 0.298 e. The van der Waals surface area contributed by atoms with E-state index in [1.807, 2.05) is 6.92 Å². The van der Waals surface area contributed by atoms with E-state index in [0.717, 1.165) is 29.4 Å². The molecule has 7 nitrogen and oxygen atoms in total. The molecule has 2 N–H and O–H groups in total. The largest absolute Gasteiger partial charge is 0.337 e. The normalized spacial score (nSPS) is 17.9. The molecular weight excluding hydrogens is 338 g/mol. The first-order valence-electron chi connectivity index (χ1n) is 6.64. The number of amides is 1. The second-order valence-corrected chi connectivity index (χ2v) is 5.73. The molecule has 1 aliphatic heterocycles. The number of halogens is 1. The Hall–Kier alpha value is -1.80. The van der Waals surface area contributed by atoms with Gasteiger partial charge < -0.3 is 15.2 Å². The van der Waals surface area contributed by atoms with Gasteiger partial charge in [0.25, 0.3) is 11.7 Å². The van der Waals surface area contributed by atoms with Crippen molar-refractivity contribution in [2.75, 3.05) is 11.9 Å². The summed E-state index contributed by atoms with van der Waals surface area (Å²) in [4.78, 5) is 20.3. The van der Waals surface area contributed by atoms with E-state index in [2.05, 4.69) is 41.7 Å². The lowest BCUT2D eigenvalue weighted by molar-refractivity contribution is 0.101. The number of nitrogens with one attached hydrogen (secondary N) is 2. The van der Waals surface area contributed by atoms with Crippen molar-refractivity contribution >= 4 is 27.7 Å². The van der Waals surface area contributed by atoms with Gasteiger partial charge in [0.15, 0.2) is 0 Å². The molecule has 0 saturated carbocycles. The molecule has 1 aliphatic rings. The van der Waals surface area contributed by atoms with Crippen LogP contribution in [0.15, 0.2) is 21.3 Å². The molecule has 3 heterocycles. The number of aromatic nitrogens is 3. The van der Waals surface area contributed by atoms with Crippen LogP contribution in [0.25, 0.3) is 0 Å². The molecule has 2 aromatic heterocycles. The second kappa shape index (κ2) is 5.90. The Morgan fingerprint density at radius 3 is 3.14 bits per heavy atom. The Labute approximate surface area is 129 Å². The van der Waals surface area contributed by atoms with E-state index in [1.54, 1.807) is 12.3 Å². The van der Waals surface area contributed by atoms with Crippen molar-refractivity contribution in [1.82, 2.24) is 20.4 Å². The van der Waals surface area contributed by atoms with Crippen molar-refractivity contribution in [1.29, 1.82) is 0 Å². The van der Waals surface area contributed by atoms with Crippen molar-refractivity contribution in [2.24, 2.45) is 0 Å². The Morgan fingerprint density at radius 2 is 2.43 bits per heavy atom. The molecule has 0 bridgehead atoms. The number of aryl methyl sites for hydroxylation is 1. The quantitative estimate of drug-likeness (QED) is 0.880. The van der Waals surface area contributed by atoms with Gasteiger partial charge in [0, 0.05) is 10.7 Å². The number of hydrogen-bond donors (Lipinski definition) is 2. The van der Waals surface area contributed by atoms with Gasteiger partial charge in [-0.1, -0.05) is 5.16 Å². The number of nitrogens with zero attached hydrogens (tertiary/aromatic N) is 3. The maximum atomic E-state index is 12.1. The highest BCUT2D eigenvalue weighted by atomic mass is 79.9. The lowest BCUT2D eigenvalue weighted by Crippen LogP contribution is -2.16. The van der Waals surface area contributed by atoms with Crippen molar-refractivity contribution in [3.05, 3.63) is 34.0 Å². The summed E-state index contributed by atoms with van der Waals surface area (Å²) in [7, 11) is 0. The van der Waals surface area contributed by atoms with Crippen LogP contribution in [-0.4, -0.2) is 27.6 Å². The summed E-state index contributed by atoms with van der Waals surface area (Å²) in [6.45, 7) is 2.84. The third-order valence-corrected chi connectivity index (χ3v) is 4.12. The minimum Gasteiger partial charge on any atom is -0.337 e. The number of carbonyl (C=O) groups is 1. The molecule has 0 radical (unpaired) electrons. The molecule has 21 heavy (non-hydrogen) atoms. The maximum Gasteiger partial charge on any atom is 0.298 e. The molecule has 0 aromatic carbocycles. The summed E-state index contributed by atoms with van der Waals surface area (Å²) in [6, 6.07) is 1.81. The molecule has 1 saturated heterocycles. The highest BCUT2D eigenvalue weighted by Gasteiger charge is 2.24. The van der Waals surface area contributed by atoms with Crippen LogP contribution < -0.4 is 10.6 Å². The van der Waals surface area contributed by atoms with Gasteiger partial charge in [-0.15, -0.1) is 0 Å². The first kappa shape index (κ1) is 14.2. The summed E-state index contributed by atoms with van der Waals surface area (Å²) in [5.41, 5.74) is 0.976. The first-order chi connectivity index (χ1) is 10.1. The molecule has 1 fully saturated rings. The first-order valence-corrected chi connectivity index (χ1v) is 7.43. The number of pyridine rings is 1. The fourth-order valence-corrected chi connectivity index (χ4v) is 2.36. The van der Waals surface area contributed by atoms with E-state index in [0.29, 0.717) is 11.7 Å². The number of rotatable bonds is 3. The van der Waals surface area contributed by atoms with Gasteiger partial charge in [-0.3, -0.25) is 4.79 Å².